The van der Waals surface area contributed by atoms with Crippen molar-refractivity contribution in [3.05, 3.63) is 23.8 Å². The van der Waals surface area contributed by atoms with Gasteiger partial charge in [-0.25, -0.2) is 0 Å². The van der Waals surface area contributed by atoms with Crippen LogP contribution in [0.3, 0.4) is 0 Å². The highest BCUT2D eigenvalue weighted by molar-refractivity contribution is 7.87. The molecule has 0 saturated carbocycles. The normalized spacial score (nSPS) is 16.8. The summed E-state index contributed by atoms with van der Waals surface area (Å²) < 4.78 is 34.0. The van der Waals surface area contributed by atoms with Gasteiger partial charge in [0.15, 0.2) is 0 Å². The molecule has 0 aliphatic carbocycles. The molecule has 0 amide bonds. The lowest BCUT2D eigenvalue weighted by Crippen LogP contribution is -2.18. The molecule has 2 rings (SSSR count). The lowest BCUT2D eigenvalue weighted by atomic mass is 9.87. The molecule has 0 saturated heterocycles. The summed E-state index contributed by atoms with van der Waals surface area (Å²) in [5.41, 5.74) is 0.840. The van der Waals surface area contributed by atoms with Gasteiger partial charge in [0.05, 0.1) is 12.4 Å². The van der Waals surface area contributed by atoms with Crippen LogP contribution in [0.25, 0.3) is 0 Å². The first-order chi connectivity index (χ1) is 8.84. The van der Waals surface area contributed by atoms with E-state index in [0.717, 1.165) is 11.3 Å². The van der Waals surface area contributed by atoms with Crippen molar-refractivity contribution in [1.82, 2.24) is 0 Å². The molecule has 0 bridgehead atoms. The Kier molecular flexibility index (Phi) is 3.97. The summed E-state index contributed by atoms with van der Waals surface area (Å²) in [5, 5.41) is 0. The number of rotatable bonds is 5. The van der Waals surface area contributed by atoms with Crippen molar-refractivity contribution in [2.24, 2.45) is 0 Å². The minimum Gasteiger partial charge on any atom is -0.492 e. The minimum absolute atomic E-state index is 0.0759. The van der Waals surface area contributed by atoms with Gasteiger partial charge in [-0.05, 0) is 24.6 Å². The molecule has 1 aliphatic heterocycles. The van der Waals surface area contributed by atoms with Gasteiger partial charge >= 0.3 is 10.1 Å². The van der Waals surface area contributed by atoms with Crippen LogP contribution in [-0.2, 0) is 15.5 Å². The molecule has 0 unspecified atom stereocenters. The Labute approximate surface area is 118 Å². The second-order valence-electron chi connectivity index (χ2n) is 5.22. The fraction of sp³-hybridized carbons (Fsp3) is 0.538. The third kappa shape index (κ3) is 3.34. The topological polar surface area (TPSA) is 52.6 Å². The quantitative estimate of drug-likeness (QED) is 0.620. The molecule has 0 spiro atoms. The van der Waals surface area contributed by atoms with E-state index < -0.39 is 10.1 Å². The summed E-state index contributed by atoms with van der Waals surface area (Å²) in [6, 6.07) is 5.09. The predicted octanol–water partition coefficient (Wildman–Crippen LogP) is 2.69. The molecular formula is C13H17ClO4S. The van der Waals surface area contributed by atoms with Gasteiger partial charge in [-0.1, -0.05) is 13.8 Å². The first kappa shape index (κ1) is 14.5. The fourth-order valence-corrected chi connectivity index (χ4v) is 3.24. The maximum Gasteiger partial charge on any atom is 0.309 e. The van der Waals surface area contributed by atoms with Gasteiger partial charge in [0.2, 0.25) is 0 Å². The maximum atomic E-state index is 11.7. The lowest BCUT2D eigenvalue weighted by Gasteiger charge is -2.15. The van der Waals surface area contributed by atoms with Crippen molar-refractivity contribution in [1.29, 1.82) is 0 Å². The van der Waals surface area contributed by atoms with E-state index in [4.69, 9.17) is 20.5 Å². The Morgan fingerprint density at radius 1 is 1.42 bits per heavy atom. The second kappa shape index (κ2) is 5.21. The van der Waals surface area contributed by atoms with Crippen molar-refractivity contribution in [2.45, 2.75) is 25.7 Å². The molecule has 0 N–H and O–H groups in total. The van der Waals surface area contributed by atoms with E-state index in [0.29, 0.717) is 24.7 Å². The van der Waals surface area contributed by atoms with E-state index in [9.17, 15) is 8.42 Å². The second-order valence-corrected chi connectivity index (χ2v) is 7.29. The van der Waals surface area contributed by atoms with Gasteiger partial charge in [0.1, 0.15) is 11.5 Å². The number of fused-ring (bicyclic) bond motifs is 1. The van der Waals surface area contributed by atoms with Crippen molar-refractivity contribution in [3.63, 3.8) is 0 Å². The molecule has 0 aromatic heterocycles. The summed E-state index contributed by atoms with van der Waals surface area (Å²) in [5.74, 6) is 1.34. The van der Waals surface area contributed by atoms with Gasteiger partial charge in [0, 0.05) is 16.9 Å². The van der Waals surface area contributed by atoms with Gasteiger partial charge in [-0.2, -0.15) is 8.42 Å². The Morgan fingerprint density at radius 2 is 2.16 bits per heavy atom. The van der Waals surface area contributed by atoms with Crippen LogP contribution >= 0.6 is 11.6 Å². The molecule has 1 aromatic rings. The molecule has 106 valence electrons. The highest BCUT2D eigenvalue weighted by Crippen LogP contribution is 2.40. The monoisotopic (exact) mass is 304 g/mol. The number of alkyl halides is 1. The van der Waals surface area contributed by atoms with Crippen LogP contribution in [0.2, 0.25) is 0 Å². The van der Waals surface area contributed by atoms with E-state index in [1.807, 2.05) is 13.8 Å². The summed E-state index contributed by atoms with van der Waals surface area (Å²) >= 11 is 5.49. The van der Waals surface area contributed by atoms with Crippen LogP contribution < -0.4 is 8.92 Å². The zero-order valence-electron chi connectivity index (χ0n) is 11.0. The molecule has 0 fully saturated rings. The molecule has 4 nitrogen and oxygen atoms in total. The van der Waals surface area contributed by atoms with Crippen molar-refractivity contribution in [3.8, 4) is 11.5 Å². The smallest absolute Gasteiger partial charge is 0.309 e. The maximum absolute atomic E-state index is 11.7. The first-order valence-corrected chi connectivity index (χ1v) is 8.21. The number of ether oxygens (including phenoxy) is 1. The Balaban J connectivity index is 2.20. The fourth-order valence-electron chi connectivity index (χ4n) is 1.97. The van der Waals surface area contributed by atoms with E-state index in [1.54, 1.807) is 18.2 Å². The largest absolute Gasteiger partial charge is 0.492 e. The highest BCUT2D eigenvalue weighted by Gasteiger charge is 2.32. The van der Waals surface area contributed by atoms with E-state index in [1.165, 1.54) is 0 Å². The third-order valence-electron chi connectivity index (χ3n) is 3.02. The number of halogens is 1. The van der Waals surface area contributed by atoms with Crippen LogP contribution in [0.15, 0.2) is 18.2 Å². The van der Waals surface area contributed by atoms with Gasteiger partial charge in [-0.3, -0.25) is 0 Å². The van der Waals surface area contributed by atoms with Gasteiger partial charge in [0.25, 0.3) is 0 Å². The van der Waals surface area contributed by atoms with Gasteiger partial charge in [-0.15, -0.1) is 11.6 Å². The number of hydrogen-bond donors (Lipinski definition) is 0. The standard InChI is InChI=1S/C13H17ClO4S/c1-13(2)9-17-12-5-4-10(8-11(12)13)18-19(15,16)7-3-6-14/h4-5,8H,3,6-7,9H2,1-2H3. The van der Waals surface area contributed by atoms with E-state index in [-0.39, 0.29) is 11.2 Å². The highest BCUT2D eigenvalue weighted by atomic mass is 35.5. The Hall–Kier alpha value is -0.940. The van der Waals surface area contributed by atoms with Crippen molar-refractivity contribution in [2.75, 3.05) is 18.2 Å². The van der Waals surface area contributed by atoms with Crippen LogP contribution in [-0.4, -0.2) is 26.7 Å². The minimum atomic E-state index is -3.58. The summed E-state index contributed by atoms with van der Waals surface area (Å²) in [6.45, 7) is 4.68. The predicted molar refractivity (Wildman–Crippen MR) is 74.7 cm³/mol. The molecular weight excluding hydrogens is 288 g/mol. The molecule has 19 heavy (non-hydrogen) atoms. The summed E-state index contributed by atoms with van der Waals surface area (Å²) in [6.07, 6.45) is 0.378. The molecule has 6 heteroatoms. The van der Waals surface area contributed by atoms with E-state index >= 15 is 0 Å². The Bertz CT molecular complexity index is 566. The van der Waals surface area contributed by atoms with E-state index in [2.05, 4.69) is 0 Å². The van der Waals surface area contributed by atoms with Crippen LogP contribution in [0.4, 0.5) is 0 Å². The average Bonchev–Trinajstić information content (AvgIpc) is 2.63. The Morgan fingerprint density at radius 3 is 2.84 bits per heavy atom. The average molecular weight is 305 g/mol. The third-order valence-corrected chi connectivity index (χ3v) is 4.52. The molecule has 1 aromatic carbocycles. The molecule has 0 radical (unpaired) electrons. The summed E-state index contributed by atoms with van der Waals surface area (Å²) in [4.78, 5) is 0. The van der Waals surface area contributed by atoms with Crippen LogP contribution in [0, 0.1) is 0 Å². The SMILES string of the molecule is CC1(C)COc2ccc(OS(=O)(=O)CCCCl)cc21. The number of benzene rings is 1. The van der Waals surface area contributed by atoms with Crippen LogP contribution in [0.5, 0.6) is 11.5 Å². The zero-order chi connectivity index (χ0) is 14.1. The first-order valence-electron chi connectivity index (χ1n) is 6.09. The molecule has 0 atom stereocenters. The van der Waals surface area contributed by atoms with Crippen LogP contribution in [0.1, 0.15) is 25.8 Å². The molecule has 1 heterocycles. The molecule has 1 aliphatic rings. The van der Waals surface area contributed by atoms with Gasteiger partial charge < -0.3 is 8.92 Å². The zero-order valence-corrected chi connectivity index (χ0v) is 12.6. The number of hydrogen-bond acceptors (Lipinski definition) is 4. The summed E-state index contributed by atoms with van der Waals surface area (Å²) in [7, 11) is -3.58. The lowest BCUT2D eigenvalue weighted by molar-refractivity contribution is 0.291. The van der Waals surface area contributed by atoms with Crippen molar-refractivity contribution < 1.29 is 17.3 Å². The van der Waals surface area contributed by atoms with Crippen molar-refractivity contribution >= 4 is 21.7 Å².